The molecule has 2 aliphatic carbocycles. The predicted octanol–water partition coefficient (Wildman–Crippen LogP) is 14.2. The van der Waals surface area contributed by atoms with Gasteiger partial charge in [-0.1, -0.05) is 164 Å². The van der Waals surface area contributed by atoms with Gasteiger partial charge in [0.05, 0.1) is 33.2 Å². The first-order valence-corrected chi connectivity index (χ1v) is 20.3. The minimum absolute atomic E-state index is 0.497. The average Bonchev–Trinajstić information content (AvgIpc) is 3.80. The van der Waals surface area contributed by atoms with E-state index in [1.807, 2.05) is 0 Å². The fourth-order valence-corrected chi connectivity index (χ4v) is 9.84. The number of fused-ring (bicyclic) bond motifs is 6. The first-order valence-electron chi connectivity index (χ1n) is 20.3. The van der Waals surface area contributed by atoms with Crippen molar-refractivity contribution in [3.8, 4) is 11.4 Å². The van der Waals surface area contributed by atoms with Crippen molar-refractivity contribution in [3.05, 3.63) is 234 Å². The summed E-state index contributed by atoms with van der Waals surface area (Å²) in [5.74, 6) is 0. The largest absolute Gasteiger partial charge is 0.309 e. The summed E-state index contributed by atoms with van der Waals surface area (Å²) in [6.45, 7) is 0. The van der Waals surface area contributed by atoms with Crippen LogP contribution in [0.15, 0.2) is 212 Å². The van der Waals surface area contributed by atoms with Gasteiger partial charge in [0.25, 0.3) is 0 Å². The summed E-state index contributed by atoms with van der Waals surface area (Å²) >= 11 is 0. The molecule has 0 unspecified atom stereocenters. The van der Waals surface area contributed by atoms with E-state index in [1.54, 1.807) is 0 Å². The third kappa shape index (κ3) is 5.25. The summed E-state index contributed by atoms with van der Waals surface area (Å²) in [5, 5.41) is 5.00. The van der Waals surface area contributed by atoms with E-state index in [9.17, 15) is 0 Å². The molecule has 2 heteroatoms. The standard InChI is InChI=1S/C55H42N2/c1-5-19-39(20-6-1)45-27-13-16-30-50(45)57-52-32-18-15-29-47(52)49-38-44(34-36-53(49)57)56-51-31-17-14-28-46(51)48-35-33-43(37-54(48)56)55(40-21-7-2-8-22-40,41-23-9-3-10-24-41)42-25-11-4-12-26-42/h2-3,5,7-11,13-38H,1,4,6,12H2. The Morgan fingerprint density at radius 1 is 0.386 bits per heavy atom. The minimum Gasteiger partial charge on any atom is -0.309 e. The zero-order valence-corrected chi connectivity index (χ0v) is 31.9. The predicted molar refractivity (Wildman–Crippen MR) is 241 cm³/mol. The van der Waals surface area contributed by atoms with Crippen molar-refractivity contribution in [2.75, 3.05) is 0 Å². The SMILES string of the molecule is C1=CC(c2ccccc2-n2c3ccccc3c3cc(-n4c5ccccc5c5ccc(C(C6=CCCC=C6)(c6ccccc6)c6ccccc6)cc54)ccc32)=CCC1. The van der Waals surface area contributed by atoms with Gasteiger partial charge in [-0.15, -0.1) is 0 Å². The lowest BCUT2D eigenvalue weighted by Crippen LogP contribution is -2.32. The Hall–Kier alpha value is -6.90. The lowest BCUT2D eigenvalue weighted by atomic mass is 9.63. The Balaban J connectivity index is 1.18. The molecule has 57 heavy (non-hydrogen) atoms. The summed E-state index contributed by atoms with van der Waals surface area (Å²) in [6, 6.07) is 63.2. The van der Waals surface area contributed by atoms with Crippen LogP contribution in [0.3, 0.4) is 0 Å². The van der Waals surface area contributed by atoms with Gasteiger partial charge in [0.2, 0.25) is 0 Å². The lowest BCUT2D eigenvalue weighted by molar-refractivity contribution is 0.731. The molecule has 2 nitrogen and oxygen atoms in total. The van der Waals surface area contributed by atoms with E-state index in [0.29, 0.717) is 0 Å². The zero-order chi connectivity index (χ0) is 37.8. The highest BCUT2D eigenvalue weighted by Crippen LogP contribution is 2.48. The second-order valence-electron chi connectivity index (χ2n) is 15.4. The topological polar surface area (TPSA) is 9.86 Å². The fourth-order valence-electron chi connectivity index (χ4n) is 9.84. The van der Waals surface area contributed by atoms with E-state index in [2.05, 4.69) is 215 Å². The molecular weight excluding hydrogens is 689 g/mol. The van der Waals surface area contributed by atoms with Crippen LogP contribution in [-0.4, -0.2) is 9.13 Å². The monoisotopic (exact) mass is 730 g/mol. The van der Waals surface area contributed by atoms with Gasteiger partial charge in [-0.3, -0.25) is 0 Å². The normalized spacial score (nSPS) is 14.5. The van der Waals surface area contributed by atoms with Gasteiger partial charge in [0.15, 0.2) is 0 Å². The van der Waals surface area contributed by atoms with Crippen molar-refractivity contribution in [2.45, 2.75) is 31.1 Å². The van der Waals surface area contributed by atoms with Crippen LogP contribution >= 0.6 is 0 Å². The first-order chi connectivity index (χ1) is 28.3. The maximum absolute atomic E-state index is 2.50. The van der Waals surface area contributed by atoms with Gasteiger partial charge in [-0.2, -0.15) is 0 Å². The number of allylic oxidation sites excluding steroid dienone is 8. The molecule has 0 spiro atoms. The van der Waals surface area contributed by atoms with E-state index in [4.69, 9.17) is 0 Å². The van der Waals surface area contributed by atoms with Crippen LogP contribution in [0.5, 0.6) is 0 Å². The Morgan fingerprint density at radius 2 is 0.982 bits per heavy atom. The third-order valence-corrected chi connectivity index (χ3v) is 12.3. The van der Waals surface area contributed by atoms with Crippen LogP contribution in [0.25, 0.3) is 60.6 Å². The van der Waals surface area contributed by atoms with Crippen LogP contribution in [-0.2, 0) is 5.41 Å². The van der Waals surface area contributed by atoms with E-state index in [0.717, 1.165) is 31.4 Å². The number of hydrogen-bond acceptors (Lipinski definition) is 0. The molecule has 11 rings (SSSR count). The molecule has 0 N–H and O–H groups in total. The van der Waals surface area contributed by atoms with Crippen molar-refractivity contribution < 1.29 is 0 Å². The average molecular weight is 731 g/mol. The van der Waals surface area contributed by atoms with Gasteiger partial charge in [0, 0.05) is 32.8 Å². The van der Waals surface area contributed by atoms with Crippen LogP contribution < -0.4 is 0 Å². The van der Waals surface area contributed by atoms with Crippen LogP contribution in [0.2, 0.25) is 0 Å². The van der Waals surface area contributed by atoms with Gasteiger partial charge in [-0.25, -0.2) is 0 Å². The van der Waals surface area contributed by atoms with Gasteiger partial charge in [-0.05, 0) is 96.0 Å². The number of hydrogen-bond donors (Lipinski definition) is 0. The van der Waals surface area contributed by atoms with E-state index in [1.165, 1.54) is 82.7 Å². The fraction of sp³-hybridized carbons (Fsp3) is 0.0909. The van der Waals surface area contributed by atoms with Crippen molar-refractivity contribution in [2.24, 2.45) is 0 Å². The molecule has 0 atom stereocenters. The van der Waals surface area contributed by atoms with Crippen LogP contribution in [0.4, 0.5) is 0 Å². The minimum atomic E-state index is -0.497. The number of aromatic nitrogens is 2. The Labute approximate surface area is 333 Å². The summed E-state index contributed by atoms with van der Waals surface area (Å²) in [7, 11) is 0. The van der Waals surface area contributed by atoms with E-state index < -0.39 is 5.41 Å². The second kappa shape index (κ2) is 13.7. The van der Waals surface area contributed by atoms with Crippen molar-refractivity contribution in [1.82, 2.24) is 9.13 Å². The molecule has 0 radical (unpaired) electrons. The molecule has 0 fully saturated rings. The van der Waals surface area contributed by atoms with Crippen LogP contribution in [0, 0.1) is 0 Å². The van der Waals surface area contributed by atoms with Crippen molar-refractivity contribution in [1.29, 1.82) is 0 Å². The number of benzene rings is 7. The third-order valence-electron chi connectivity index (χ3n) is 12.3. The summed E-state index contributed by atoms with van der Waals surface area (Å²) in [5.41, 5.74) is 14.4. The van der Waals surface area contributed by atoms with Crippen LogP contribution in [0.1, 0.15) is 47.9 Å². The molecule has 0 bridgehead atoms. The highest BCUT2D eigenvalue weighted by Gasteiger charge is 2.40. The summed E-state index contributed by atoms with van der Waals surface area (Å²) < 4.78 is 4.97. The zero-order valence-electron chi connectivity index (χ0n) is 31.9. The molecular formula is C55H42N2. The smallest absolute Gasteiger partial charge is 0.0699 e. The molecule has 0 amide bonds. The molecule has 272 valence electrons. The molecule has 9 aromatic rings. The summed E-state index contributed by atoms with van der Waals surface area (Å²) in [6.07, 6.45) is 18.4. The van der Waals surface area contributed by atoms with Gasteiger partial charge in [0.1, 0.15) is 0 Å². The molecule has 0 aliphatic heterocycles. The Bertz CT molecular complexity index is 3070. The molecule has 0 saturated carbocycles. The number of rotatable bonds is 7. The number of nitrogens with zero attached hydrogens (tertiary/aromatic N) is 2. The highest BCUT2D eigenvalue weighted by atomic mass is 15.0. The Kier molecular flexibility index (Phi) is 8.03. The quantitative estimate of drug-likeness (QED) is 0.145. The molecule has 2 aromatic heterocycles. The second-order valence-corrected chi connectivity index (χ2v) is 15.4. The van der Waals surface area contributed by atoms with Gasteiger partial charge < -0.3 is 9.13 Å². The van der Waals surface area contributed by atoms with Crippen molar-refractivity contribution in [3.63, 3.8) is 0 Å². The molecule has 0 saturated heterocycles. The number of para-hydroxylation sites is 3. The van der Waals surface area contributed by atoms with Gasteiger partial charge >= 0.3 is 0 Å². The maximum atomic E-state index is 2.50. The molecule has 7 aromatic carbocycles. The Morgan fingerprint density at radius 3 is 1.68 bits per heavy atom. The first kappa shape index (κ1) is 33.4. The van der Waals surface area contributed by atoms with E-state index >= 15 is 0 Å². The highest BCUT2D eigenvalue weighted by molar-refractivity contribution is 6.12. The summed E-state index contributed by atoms with van der Waals surface area (Å²) in [4.78, 5) is 0. The molecule has 2 aliphatic rings. The van der Waals surface area contributed by atoms with Crippen molar-refractivity contribution >= 4 is 49.2 Å². The lowest BCUT2D eigenvalue weighted by Gasteiger charge is -2.38. The van der Waals surface area contributed by atoms with E-state index in [-0.39, 0.29) is 0 Å². The maximum Gasteiger partial charge on any atom is 0.0699 e. The molecule has 2 heterocycles.